The SMILES string of the molecule is CCCN1CCC(c2nc(C(=O)Nc3ccccc3N3CCOCC3)cs2)CC1. The third-order valence-corrected chi connectivity index (χ3v) is 6.74. The number of morpholine rings is 1. The van der Waals surface area contributed by atoms with E-state index < -0.39 is 0 Å². The zero-order valence-electron chi connectivity index (χ0n) is 17.1. The predicted octanol–water partition coefficient (Wildman–Crippen LogP) is 3.82. The molecule has 2 aliphatic heterocycles. The molecule has 2 aromatic rings. The normalized spacial score (nSPS) is 18.7. The van der Waals surface area contributed by atoms with Crippen molar-refractivity contribution in [2.24, 2.45) is 0 Å². The molecule has 0 radical (unpaired) electrons. The van der Waals surface area contributed by atoms with Crippen LogP contribution in [-0.2, 0) is 4.74 Å². The first kappa shape index (κ1) is 20.3. The van der Waals surface area contributed by atoms with Crippen molar-refractivity contribution in [1.29, 1.82) is 0 Å². The number of hydrogen-bond acceptors (Lipinski definition) is 6. The van der Waals surface area contributed by atoms with Crippen molar-refractivity contribution in [3.8, 4) is 0 Å². The van der Waals surface area contributed by atoms with Gasteiger partial charge in [0.2, 0.25) is 0 Å². The number of benzene rings is 1. The smallest absolute Gasteiger partial charge is 0.275 e. The Labute approximate surface area is 176 Å². The van der Waals surface area contributed by atoms with Crippen molar-refractivity contribution in [2.75, 3.05) is 56.2 Å². The first-order chi connectivity index (χ1) is 14.2. The zero-order valence-corrected chi connectivity index (χ0v) is 17.9. The molecule has 156 valence electrons. The molecule has 1 N–H and O–H groups in total. The molecule has 0 atom stereocenters. The number of likely N-dealkylation sites (tertiary alicyclic amines) is 1. The Morgan fingerprint density at radius 3 is 2.72 bits per heavy atom. The second-order valence-corrected chi connectivity index (χ2v) is 8.65. The van der Waals surface area contributed by atoms with Crippen molar-refractivity contribution in [2.45, 2.75) is 32.1 Å². The van der Waals surface area contributed by atoms with Gasteiger partial charge in [0, 0.05) is 24.4 Å². The third-order valence-electron chi connectivity index (χ3n) is 5.74. The molecule has 2 aliphatic rings. The molecular formula is C22H30N4O2S. The summed E-state index contributed by atoms with van der Waals surface area (Å²) in [6.45, 7) is 8.79. The number of aromatic nitrogens is 1. The minimum atomic E-state index is -0.128. The van der Waals surface area contributed by atoms with Gasteiger partial charge in [0.1, 0.15) is 5.69 Å². The van der Waals surface area contributed by atoms with Gasteiger partial charge >= 0.3 is 0 Å². The Kier molecular flexibility index (Phi) is 6.79. The number of piperidine rings is 1. The molecule has 0 unspecified atom stereocenters. The lowest BCUT2D eigenvalue weighted by atomic mass is 9.97. The van der Waals surface area contributed by atoms with Crippen LogP contribution in [0.15, 0.2) is 29.6 Å². The Morgan fingerprint density at radius 2 is 1.97 bits per heavy atom. The van der Waals surface area contributed by atoms with Gasteiger partial charge in [-0.1, -0.05) is 19.1 Å². The molecule has 0 aliphatic carbocycles. The fourth-order valence-electron chi connectivity index (χ4n) is 4.14. The van der Waals surface area contributed by atoms with Crippen molar-refractivity contribution < 1.29 is 9.53 Å². The number of carbonyl (C=O) groups excluding carboxylic acids is 1. The number of rotatable bonds is 6. The maximum Gasteiger partial charge on any atom is 0.275 e. The van der Waals surface area contributed by atoms with Crippen LogP contribution in [0.1, 0.15) is 47.6 Å². The van der Waals surface area contributed by atoms with Crippen LogP contribution < -0.4 is 10.2 Å². The highest BCUT2D eigenvalue weighted by atomic mass is 32.1. The van der Waals surface area contributed by atoms with Gasteiger partial charge < -0.3 is 19.9 Å². The van der Waals surface area contributed by atoms with E-state index >= 15 is 0 Å². The van der Waals surface area contributed by atoms with Gasteiger partial charge in [0.15, 0.2) is 0 Å². The molecule has 0 spiro atoms. The molecule has 1 aromatic heterocycles. The van der Waals surface area contributed by atoms with E-state index in [0.717, 1.165) is 68.6 Å². The first-order valence-corrected chi connectivity index (χ1v) is 11.5. The van der Waals surface area contributed by atoms with Crippen molar-refractivity contribution in [3.63, 3.8) is 0 Å². The number of carbonyl (C=O) groups is 1. The summed E-state index contributed by atoms with van der Waals surface area (Å²) in [5.74, 6) is 0.354. The highest BCUT2D eigenvalue weighted by molar-refractivity contribution is 7.10. The van der Waals surface area contributed by atoms with E-state index in [1.807, 2.05) is 23.6 Å². The van der Waals surface area contributed by atoms with Gasteiger partial charge in [-0.05, 0) is 51.0 Å². The van der Waals surface area contributed by atoms with Crippen molar-refractivity contribution in [3.05, 3.63) is 40.3 Å². The second-order valence-electron chi connectivity index (χ2n) is 7.76. The van der Waals surface area contributed by atoms with Crippen molar-refractivity contribution in [1.82, 2.24) is 9.88 Å². The molecule has 3 heterocycles. The van der Waals surface area contributed by atoms with E-state index in [0.29, 0.717) is 11.6 Å². The summed E-state index contributed by atoms with van der Waals surface area (Å²) >= 11 is 1.62. The van der Waals surface area contributed by atoms with E-state index in [9.17, 15) is 4.79 Å². The number of nitrogens with zero attached hydrogens (tertiary/aromatic N) is 3. The van der Waals surface area contributed by atoms with Crippen LogP contribution in [0.3, 0.4) is 0 Å². The summed E-state index contributed by atoms with van der Waals surface area (Å²) in [5, 5.41) is 6.09. The van der Waals surface area contributed by atoms with E-state index in [2.05, 4.69) is 28.1 Å². The number of nitrogens with one attached hydrogen (secondary N) is 1. The number of amides is 1. The Bertz CT molecular complexity index is 811. The van der Waals surface area contributed by atoms with E-state index in [1.54, 1.807) is 11.3 Å². The Hall–Kier alpha value is -1.96. The minimum absolute atomic E-state index is 0.128. The van der Waals surface area contributed by atoms with Crippen LogP contribution >= 0.6 is 11.3 Å². The Balaban J connectivity index is 1.40. The van der Waals surface area contributed by atoms with Gasteiger partial charge in [-0.25, -0.2) is 4.98 Å². The van der Waals surface area contributed by atoms with Crippen LogP contribution in [-0.4, -0.2) is 61.7 Å². The molecular weight excluding hydrogens is 384 g/mol. The van der Waals surface area contributed by atoms with Gasteiger partial charge in [-0.3, -0.25) is 4.79 Å². The molecule has 2 fully saturated rings. The van der Waals surface area contributed by atoms with Crippen LogP contribution in [0.5, 0.6) is 0 Å². The van der Waals surface area contributed by atoms with E-state index in [-0.39, 0.29) is 5.91 Å². The first-order valence-electron chi connectivity index (χ1n) is 10.7. The average molecular weight is 415 g/mol. The van der Waals surface area contributed by atoms with Crippen LogP contribution in [0, 0.1) is 0 Å². The summed E-state index contributed by atoms with van der Waals surface area (Å²) in [4.78, 5) is 22.3. The second kappa shape index (κ2) is 9.69. The quantitative estimate of drug-likeness (QED) is 0.779. The molecule has 1 aromatic carbocycles. The molecule has 0 bridgehead atoms. The lowest BCUT2D eigenvalue weighted by Crippen LogP contribution is -2.36. The predicted molar refractivity (Wildman–Crippen MR) is 118 cm³/mol. The molecule has 7 heteroatoms. The van der Waals surface area contributed by atoms with Crippen LogP contribution in [0.2, 0.25) is 0 Å². The number of thiazole rings is 1. The molecule has 4 rings (SSSR count). The number of hydrogen-bond donors (Lipinski definition) is 1. The largest absolute Gasteiger partial charge is 0.378 e. The number of anilines is 2. The maximum atomic E-state index is 12.9. The molecule has 6 nitrogen and oxygen atoms in total. The number of para-hydroxylation sites is 2. The highest BCUT2D eigenvalue weighted by Gasteiger charge is 2.24. The fraction of sp³-hybridized carbons (Fsp3) is 0.545. The summed E-state index contributed by atoms with van der Waals surface area (Å²) in [5.41, 5.74) is 2.41. The van der Waals surface area contributed by atoms with E-state index in [4.69, 9.17) is 9.72 Å². The lowest BCUT2D eigenvalue weighted by molar-refractivity contribution is 0.102. The molecule has 1 amide bonds. The molecule has 2 saturated heterocycles. The van der Waals surface area contributed by atoms with Gasteiger partial charge in [0.05, 0.1) is 29.6 Å². The maximum absolute atomic E-state index is 12.9. The summed E-state index contributed by atoms with van der Waals surface area (Å²) < 4.78 is 5.45. The summed E-state index contributed by atoms with van der Waals surface area (Å²) in [6, 6.07) is 7.97. The number of ether oxygens (including phenoxy) is 1. The van der Waals surface area contributed by atoms with Gasteiger partial charge in [-0.2, -0.15) is 0 Å². The van der Waals surface area contributed by atoms with E-state index in [1.165, 1.54) is 13.0 Å². The van der Waals surface area contributed by atoms with Crippen LogP contribution in [0.4, 0.5) is 11.4 Å². The van der Waals surface area contributed by atoms with Crippen LogP contribution in [0.25, 0.3) is 0 Å². The molecule has 29 heavy (non-hydrogen) atoms. The lowest BCUT2D eigenvalue weighted by Gasteiger charge is -2.30. The highest BCUT2D eigenvalue weighted by Crippen LogP contribution is 2.31. The minimum Gasteiger partial charge on any atom is -0.378 e. The van der Waals surface area contributed by atoms with Gasteiger partial charge in [-0.15, -0.1) is 11.3 Å². The van der Waals surface area contributed by atoms with Gasteiger partial charge in [0.25, 0.3) is 5.91 Å². The standard InChI is InChI=1S/C22H30N4O2S/c1-2-9-25-10-7-17(8-11-25)22-24-19(16-29-22)21(27)23-18-5-3-4-6-20(18)26-12-14-28-15-13-26/h3-6,16-17H,2,7-15H2,1H3,(H,23,27). The fourth-order valence-corrected chi connectivity index (χ4v) is 5.12. The third kappa shape index (κ3) is 4.97. The average Bonchev–Trinajstić information content (AvgIpc) is 3.26. The topological polar surface area (TPSA) is 57.7 Å². The monoisotopic (exact) mass is 414 g/mol. The zero-order chi connectivity index (χ0) is 20.1. The summed E-state index contributed by atoms with van der Waals surface area (Å²) in [6.07, 6.45) is 3.47. The molecule has 0 saturated carbocycles. The summed E-state index contributed by atoms with van der Waals surface area (Å²) in [7, 11) is 0. The Morgan fingerprint density at radius 1 is 1.21 bits per heavy atom. The van der Waals surface area contributed by atoms with Crippen molar-refractivity contribution >= 4 is 28.6 Å².